The Morgan fingerprint density at radius 2 is 2.11 bits per heavy atom. The van der Waals surface area contributed by atoms with E-state index < -0.39 is 0 Å². The lowest BCUT2D eigenvalue weighted by Crippen LogP contribution is -2.38. The molecule has 2 nitrogen and oxygen atoms in total. The van der Waals surface area contributed by atoms with Crippen LogP contribution in [0.1, 0.15) is 42.9 Å². The van der Waals surface area contributed by atoms with Crippen LogP contribution in [0.4, 0.5) is 0 Å². The van der Waals surface area contributed by atoms with E-state index >= 15 is 0 Å². The van der Waals surface area contributed by atoms with E-state index in [1.54, 1.807) is 11.1 Å². The Morgan fingerprint density at radius 3 is 2.94 bits per heavy atom. The molecule has 1 fully saturated rings. The van der Waals surface area contributed by atoms with Gasteiger partial charge in [-0.15, -0.1) is 0 Å². The summed E-state index contributed by atoms with van der Waals surface area (Å²) in [6.07, 6.45) is 6.62. The van der Waals surface area contributed by atoms with Crippen molar-refractivity contribution in [2.45, 2.75) is 44.2 Å². The number of nitrogens with zero attached hydrogens (tertiary/aromatic N) is 1. The lowest BCUT2D eigenvalue weighted by atomic mass is 9.87. The van der Waals surface area contributed by atoms with Crippen LogP contribution in [0.3, 0.4) is 0 Å². The highest BCUT2D eigenvalue weighted by atomic mass is 15.2. The second-order valence-electron chi connectivity index (χ2n) is 5.84. The first kappa shape index (κ1) is 12.2. The molecule has 1 aromatic rings. The van der Waals surface area contributed by atoms with Gasteiger partial charge in [-0.2, -0.15) is 0 Å². The van der Waals surface area contributed by atoms with Crippen LogP contribution in [0, 0.1) is 0 Å². The minimum atomic E-state index is 0.636. The average Bonchev–Trinajstić information content (AvgIpc) is 2.91. The molecule has 2 aliphatic rings. The molecular weight excluding hydrogens is 220 g/mol. The molecule has 0 amide bonds. The molecule has 2 atom stereocenters. The number of nitrogens with one attached hydrogen (secondary N) is 1. The Hall–Kier alpha value is -0.860. The van der Waals surface area contributed by atoms with Crippen molar-refractivity contribution < 1.29 is 0 Å². The molecule has 1 N–H and O–H groups in total. The fourth-order valence-electron chi connectivity index (χ4n) is 3.57. The minimum Gasteiger partial charge on any atom is -0.313 e. The molecule has 0 aromatic heterocycles. The second-order valence-corrected chi connectivity index (χ2v) is 5.84. The first-order valence-electron chi connectivity index (χ1n) is 7.36. The van der Waals surface area contributed by atoms with Crippen molar-refractivity contribution in [2.75, 3.05) is 20.1 Å². The summed E-state index contributed by atoms with van der Waals surface area (Å²) in [6, 6.07) is 10.4. The van der Waals surface area contributed by atoms with Crippen LogP contribution in [0.25, 0.3) is 0 Å². The molecule has 0 bridgehead atoms. The normalized spacial score (nSPS) is 27.4. The molecule has 1 aliphatic carbocycles. The maximum absolute atomic E-state index is 3.61. The van der Waals surface area contributed by atoms with Crippen molar-refractivity contribution in [3.05, 3.63) is 35.4 Å². The molecule has 0 spiro atoms. The third kappa shape index (κ3) is 2.45. The number of aryl methyl sites for hydroxylation is 1. The van der Waals surface area contributed by atoms with Crippen LogP contribution >= 0.6 is 0 Å². The van der Waals surface area contributed by atoms with Crippen LogP contribution in [0.5, 0.6) is 0 Å². The number of likely N-dealkylation sites (N-methyl/N-ethyl adjacent to an activating group) is 1. The van der Waals surface area contributed by atoms with Gasteiger partial charge >= 0.3 is 0 Å². The van der Waals surface area contributed by atoms with Gasteiger partial charge in [0.25, 0.3) is 0 Å². The molecular formula is C16H24N2. The Labute approximate surface area is 110 Å². The fourth-order valence-corrected chi connectivity index (χ4v) is 3.57. The van der Waals surface area contributed by atoms with Crippen LogP contribution in [-0.2, 0) is 6.42 Å². The summed E-state index contributed by atoms with van der Waals surface area (Å²) >= 11 is 0. The van der Waals surface area contributed by atoms with Crippen molar-refractivity contribution in [1.29, 1.82) is 0 Å². The van der Waals surface area contributed by atoms with E-state index in [0.717, 1.165) is 0 Å². The lowest BCUT2D eigenvalue weighted by Gasteiger charge is -2.34. The molecule has 0 saturated carbocycles. The zero-order valence-corrected chi connectivity index (χ0v) is 11.4. The van der Waals surface area contributed by atoms with E-state index in [9.17, 15) is 0 Å². The number of rotatable bonds is 3. The molecule has 18 heavy (non-hydrogen) atoms. The largest absolute Gasteiger partial charge is 0.313 e. The number of hydrogen-bond donors (Lipinski definition) is 1. The van der Waals surface area contributed by atoms with Gasteiger partial charge in [0.05, 0.1) is 0 Å². The SMILES string of the molecule is CN(CC1CCCN1)C1CCCc2ccccc21. The van der Waals surface area contributed by atoms with Gasteiger partial charge in [-0.25, -0.2) is 0 Å². The highest BCUT2D eigenvalue weighted by Crippen LogP contribution is 2.33. The first-order valence-corrected chi connectivity index (χ1v) is 7.36. The molecule has 1 aromatic carbocycles. The summed E-state index contributed by atoms with van der Waals surface area (Å²) < 4.78 is 0. The molecule has 2 unspecified atom stereocenters. The molecule has 1 aliphatic heterocycles. The van der Waals surface area contributed by atoms with E-state index in [0.29, 0.717) is 12.1 Å². The van der Waals surface area contributed by atoms with E-state index in [1.807, 2.05) is 0 Å². The van der Waals surface area contributed by atoms with Crippen molar-refractivity contribution in [3.8, 4) is 0 Å². The maximum atomic E-state index is 3.61. The smallest absolute Gasteiger partial charge is 0.0348 e. The molecule has 1 saturated heterocycles. The van der Waals surface area contributed by atoms with Gasteiger partial charge in [0, 0.05) is 18.6 Å². The topological polar surface area (TPSA) is 15.3 Å². The van der Waals surface area contributed by atoms with E-state index in [1.165, 1.54) is 45.2 Å². The fraction of sp³-hybridized carbons (Fsp3) is 0.625. The van der Waals surface area contributed by atoms with E-state index in [4.69, 9.17) is 0 Å². The van der Waals surface area contributed by atoms with Crippen LogP contribution < -0.4 is 5.32 Å². The highest BCUT2D eigenvalue weighted by Gasteiger charge is 2.25. The quantitative estimate of drug-likeness (QED) is 0.879. The molecule has 0 radical (unpaired) electrons. The van der Waals surface area contributed by atoms with Gasteiger partial charge in [0.1, 0.15) is 0 Å². The number of fused-ring (bicyclic) bond motifs is 1. The molecule has 3 rings (SSSR count). The van der Waals surface area contributed by atoms with Gasteiger partial charge in [-0.05, 0) is 56.8 Å². The number of hydrogen-bond acceptors (Lipinski definition) is 2. The van der Waals surface area contributed by atoms with Gasteiger partial charge < -0.3 is 5.32 Å². The summed E-state index contributed by atoms with van der Waals surface area (Å²) in [5, 5.41) is 3.61. The zero-order chi connectivity index (χ0) is 12.4. The first-order chi connectivity index (χ1) is 8.84. The van der Waals surface area contributed by atoms with Gasteiger partial charge in [-0.3, -0.25) is 4.90 Å². The highest BCUT2D eigenvalue weighted by molar-refractivity contribution is 5.32. The van der Waals surface area contributed by atoms with E-state index in [-0.39, 0.29) is 0 Å². The van der Waals surface area contributed by atoms with Crippen LogP contribution in [-0.4, -0.2) is 31.1 Å². The summed E-state index contributed by atoms with van der Waals surface area (Å²) in [5.41, 5.74) is 3.14. The Morgan fingerprint density at radius 1 is 1.22 bits per heavy atom. The number of benzene rings is 1. The molecule has 1 heterocycles. The second kappa shape index (κ2) is 5.41. The van der Waals surface area contributed by atoms with Crippen LogP contribution in [0.2, 0.25) is 0 Å². The summed E-state index contributed by atoms with van der Waals surface area (Å²) in [5.74, 6) is 0. The average molecular weight is 244 g/mol. The maximum Gasteiger partial charge on any atom is 0.0348 e. The Kier molecular flexibility index (Phi) is 3.67. The van der Waals surface area contributed by atoms with Crippen molar-refractivity contribution in [1.82, 2.24) is 10.2 Å². The molecule has 2 heteroatoms. The zero-order valence-electron chi connectivity index (χ0n) is 11.4. The summed E-state index contributed by atoms with van der Waals surface area (Å²) in [7, 11) is 2.30. The van der Waals surface area contributed by atoms with Gasteiger partial charge in [0.2, 0.25) is 0 Å². The minimum absolute atomic E-state index is 0.636. The predicted octanol–water partition coefficient (Wildman–Crippen LogP) is 2.75. The van der Waals surface area contributed by atoms with Gasteiger partial charge in [-0.1, -0.05) is 24.3 Å². The van der Waals surface area contributed by atoms with Crippen molar-refractivity contribution in [3.63, 3.8) is 0 Å². The predicted molar refractivity (Wildman–Crippen MR) is 75.8 cm³/mol. The summed E-state index contributed by atoms with van der Waals surface area (Å²) in [6.45, 7) is 2.40. The standard InChI is InChI=1S/C16H24N2/c1-18(12-14-8-5-11-17-14)16-10-4-7-13-6-2-3-9-15(13)16/h2-3,6,9,14,16-17H,4-5,7-8,10-12H2,1H3. The molecule has 98 valence electrons. The van der Waals surface area contributed by atoms with Crippen molar-refractivity contribution >= 4 is 0 Å². The van der Waals surface area contributed by atoms with Crippen LogP contribution in [0.15, 0.2) is 24.3 Å². The Balaban J connectivity index is 1.72. The summed E-state index contributed by atoms with van der Waals surface area (Å²) in [4.78, 5) is 2.57. The van der Waals surface area contributed by atoms with E-state index in [2.05, 4.69) is 41.5 Å². The third-order valence-electron chi connectivity index (χ3n) is 4.54. The lowest BCUT2D eigenvalue weighted by molar-refractivity contribution is 0.203. The third-order valence-corrected chi connectivity index (χ3v) is 4.54. The Bertz CT molecular complexity index is 396. The van der Waals surface area contributed by atoms with Gasteiger partial charge in [0.15, 0.2) is 0 Å². The monoisotopic (exact) mass is 244 g/mol. The van der Waals surface area contributed by atoms with Crippen molar-refractivity contribution in [2.24, 2.45) is 0 Å².